The summed E-state index contributed by atoms with van der Waals surface area (Å²) in [6.45, 7) is 14.0. The summed E-state index contributed by atoms with van der Waals surface area (Å²) in [5, 5.41) is 3.92. The first kappa shape index (κ1) is 36.7. The van der Waals surface area contributed by atoms with Gasteiger partial charge in [0.05, 0.1) is 5.41 Å². The fraction of sp³-hybridized carbons (Fsp3) is 0.158. The molecule has 59 heavy (non-hydrogen) atoms. The molecule has 8 aromatic carbocycles. The molecule has 0 aliphatic heterocycles. The zero-order chi connectivity index (χ0) is 40.5. The van der Waals surface area contributed by atoms with E-state index in [1.54, 1.807) is 0 Å². The zero-order valence-corrected chi connectivity index (χ0v) is 34.8. The van der Waals surface area contributed by atoms with Gasteiger partial charge in [0, 0.05) is 34.0 Å². The predicted molar refractivity (Wildman–Crippen MR) is 250 cm³/mol. The van der Waals surface area contributed by atoms with Gasteiger partial charge in [-0.1, -0.05) is 169 Å². The Morgan fingerprint density at radius 3 is 1.34 bits per heavy atom. The molecule has 2 aliphatic carbocycles. The Bertz CT molecular complexity index is 2740. The first-order valence-corrected chi connectivity index (χ1v) is 20.9. The first-order valence-electron chi connectivity index (χ1n) is 20.9. The van der Waals surface area contributed by atoms with Crippen molar-refractivity contribution in [3.63, 3.8) is 0 Å². The number of benzene rings is 8. The van der Waals surface area contributed by atoms with E-state index in [4.69, 9.17) is 0 Å². The van der Waals surface area contributed by atoms with Gasteiger partial charge in [-0.15, -0.1) is 0 Å². The second-order valence-corrected chi connectivity index (χ2v) is 18.3. The quantitative estimate of drug-likeness (QED) is 0.181. The molecule has 8 aromatic rings. The van der Waals surface area contributed by atoms with Gasteiger partial charge in [-0.3, -0.25) is 0 Å². The fourth-order valence-corrected chi connectivity index (χ4v) is 9.57. The van der Waals surface area contributed by atoms with Gasteiger partial charge in [0.1, 0.15) is 0 Å². The highest BCUT2D eigenvalue weighted by atomic mass is 15.1. The van der Waals surface area contributed by atoms with Crippen molar-refractivity contribution < 1.29 is 0 Å². The maximum Gasteiger partial charge on any atom is 0.0727 e. The van der Waals surface area contributed by atoms with Crippen LogP contribution in [0.4, 0.5) is 28.4 Å². The van der Waals surface area contributed by atoms with Crippen molar-refractivity contribution in [2.75, 3.05) is 10.2 Å². The number of anilines is 5. The van der Waals surface area contributed by atoms with Gasteiger partial charge in [0.2, 0.25) is 0 Å². The van der Waals surface area contributed by atoms with Crippen molar-refractivity contribution in [3.05, 3.63) is 221 Å². The summed E-state index contributed by atoms with van der Waals surface area (Å²) in [5.74, 6) is 0. The van der Waals surface area contributed by atoms with Crippen LogP contribution in [0.25, 0.3) is 33.4 Å². The molecule has 0 heterocycles. The smallest absolute Gasteiger partial charge is 0.0727 e. The lowest BCUT2D eigenvalue weighted by Gasteiger charge is -2.34. The number of rotatable bonds is 6. The SMILES string of the molecule is CC(C)(C)c1ccc2c(c1)C1(c3cc(N(c4ccccc4)c4ccccc4)ccc3-c3cc(-c4ccccc4)c(Nc4ccccc4)cc31)c1cc(C(C)(C)C)ccc1-2. The van der Waals surface area contributed by atoms with E-state index < -0.39 is 5.41 Å². The van der Waals surface area contributed by atoms with Gasteiger partial charge in [-0.25, -0.2) is 0 Å². The molecule has 288 valence electrons. The lowest BCUT2D eigenvalue weighted by Crippen LogP contribution is -2.28. The van der Waals surface area contributed by atoms with Crippen LogP contribution >= 0.6 is 0 Å². The topological polar surface area (TPSA) is 15.3 Å². The van der Waals surface area contributed by atoms with Crippen molar-refractivity contribution >= 4 is 28.4 Å². The molecule has 0 saturated heterocycles. The van der Waals surface area contributed by atoms with Crippen LogP contribution in [0, 0.1) is 0 Å². The van der Waals surface area contributed by atoms with E-state index in [1.807, 2.05) is 0 Å². The lowest BCUT2D eigenvalue weighted by atomic mass is 9.68. The standard InChI is InChI=1S/C57H50N2/c1-55(2,3)39-27-30-45-46-31-28-40(56(4,5)6)34-51(46)57(50(45)33-39)52-35-44(59(42-23-15-9-16-24-42)43-25-17-10-18-26-43)29-32-47(52)49-36-48(38-19-11-7-12-20-38)54(37-53(49)57)58-41-21-13-8-14-22-41/h7-37,58H,1-6H3. The summed E-state index contributed by atoms with van der Waals surface area (Å²) in [7, 11) is 0. The second-order valence-electron chi connectivity index (χ2n) is 18.3. The molecule has 0 bridgehead atoms. The Kier molecular flexibility index (Phi) is 8.54. The summed E-state index contributed by atoms with van der Waals surface area (Å²) in [4.78, 5) is 2.41. The van der Waals surface area contributed by atoms with Crippen molar-refractivity contribution in [1.82, 2.24) is 0 Å². The largest absolute Gasteiger partial charge is 0.355 e. The Morgan fingerprint density at radius 2 is 0.814 bits per heavy atom. The van der Waals surface area contributed by atoms with E-state index in [1.165, 1.54) is 66.8 Å². The minimum absolute atomic E-state index is 0.0394. The van der Waals surface area contributed by atoms with Crippen molar-refractivity contribution in [2.24, 2.45) is 0 Å². The van der Waals surface area contributed by atoms with Gasteiger partial charge < -0.3 is 10.2 Å². The van der Waals surface area contributed by atoms with Gasteiger partial charge >= 0.3 is 0 Å². The van der Waals surface area contributed by atoms with E-state index in [9.17, 15) is 0 Å². The number of para-hydroxylation sites is 3. The molecule has 2 nitrogen and oxygen atoms in total. The normalized spacial score (nSPS) is 13.4. The highest BCUT2D eigenvalue weighted by Crippen LogP contribution is 2.65. The minimum Gasteiger partial charge on any atom is -0.355 e. The van der Waals surface area contributed by atoms with Crippen LogP contribution in [0.5, 0.6) is 0 Å². The number of nitrogens with one attached hydrogen (secondary N) is 1. The third-order valence-corrected chi connectivity index (χ3v) is 12.6. The van der Waals surface area contributed by atoms with Crippen LogP contribution in [0.3, 0.4) is 0 Å². The van der Waals surface area contributed by atoms with Crippen molar-refractivity contribution in [2.45, 2.75) is 57.8 Å². The van der Waals surface area contributed by atoms with Crippen LogP contribution in [-0.4, -0.2) is 0 Å². The van der Waals surface area contributed by atoms with Crippen LogP contribution in [0.15, 0.2) is 188 Å². The molecule has 0 atom stereocenters. The van der Waals surface area contributed by atoms with E-state index in [0.29, 0.717) is 0 Å². The Labute approximate surface area is 349 Å². The molecule has 10 rings (SSSR count). The zero-order valence-electron chi connectivity index (χ0n) is 34.8. The summed E-state index contributed by atoms with van der Waals surface area (Å²) >= 11 is 0. The number of fused-ring (bicyclic) bond motifs is 10. The van der Waals surface area contributed by atoms with E-state index >= 15 is 0 Å². The third kappa shape index (κ3) is 6.00. The highest BCUT2D eigenvalue weighted by Gasteiger charge is 2.53. The van der Waals surface area contributed by atoms with Crippen LogP contribution in [-0.2, 0) is 16.2 Å². The lowest BCUT2D eigenvalue weighted by molar-refractivity contribution is 0.586. The Morgan fingerprint density at radius 1 is 0.373 bits per heavy atom. The van der Waals surface area contributed by atoms with Gasteiger partial charge in [-0.05, 0) is 133 Å². The minimum atomic E-state index is -0.588. The first-order chi connectivity index (χ1) is 28.5. The second kappa shape index (κ2) is 13.7. The van der Waals surface area contributed by atoms with Crippen molar-refractivity contribution in [3.8, 4) is 33.4 Å². The number of hydrogen-bond donors (Lipinski definition) is 1. The molecule has 1 spiro atoms. The summed E-state index contributed by atoms with van der Waals surface area (Å²) in [6.07, 6.45) is 0. The summed E-state index contributed by atoms with van der Waals surface area (Å²) in [6, 6.07) is 69.8. The molecular weight excluding hydrogens is 713 g/mol. The van der Waals surface area contributed by atoms with E-state index in [2.05, 4.69) is 240 Å². The molecule has 0 fully saturated rings. The molecule has 0 saturated carbocycles. The summed E-state index contributed by atoms with van der Waals surface area (Å²) in [5.41, 5.74) is 20.4. The van der Waals surface area contributed by atoms with E-state index in [0.717, 1.165) is 28.4 Å². The van der Waals surface area contributed by atoms with Gasteiger partial charge in [0.15, 0.2) is 0 Å². The van der Waals surface area contributed by atoms with Gasteiger partial charge in [0.25, 0.3) is 0 Å². The Balaban J connectivity index is 1.34. The fourth-order valence-electron chi connectivity index (χ4n) is 9.57. The highest BCUT2D eigenvalue weighted by molar-refractivity contribution is 6.00. The third-order valence-electron chi connectivity index (χ3n) is 12.6. The van der Waals surface area contributed by atoms with Crippen LogP contribution in [0.1, 0.15) is 74.9 Å². The number of hydrogen-bond acceptors (Lipinski definition) is 2. The number of nitrogens with zero attached hydrogens (tertiary/aromatic N) is 1. The molecular formula is C57H50N2. The molecule has 2 heteroatoms. The van der Waals surface area contributed by atoms with Crippen molar-refractivity contribution in [1.29, 1.82) is 0 Å². The maximum atomic E-state index is 3.92. The van der Waals surface area contributed by atoms with Crippen LogP contribution < -0.4 is 10.2 Å². The van der Waals surface area contributed by atoms with Gasteiger partial charge in [-0.2, -0.15) is 0 Å². The molecule has 0 unspecified atom stereocenters. The Hall–Kier alpha value is -6.64. The molecule has 1 N–H and O–H groups in total. The molecule has 0 radical (unpaired) electrons. The summed E-state index contributed by atoms with van der Waals surface area (Å²) < 4.78 is 0. The molecule has 0 aromatic heterocycles. The average Bonchev–Trinajstić information content (AvgIpc) is 3.70. The monoisotopic (exact) mass is 762 g/mol. The molecule has 0 amide bonds. The van der Waals surface area contributed by atoms with Crippen LogP contribution in [0.2, 0.25) is 0 Å². The molecule has 2 aliphatic rings. The predicted octanol–water partition coefficient (Wildman–Crippen LogP) is 15.5. The maximum absolute atomic E-state index is 3.92. The average molecular weight is 763 g/mol. The van der Waals surface area contributed by atoms with E-state index in [-0.39, 0.29) is 10.8 Å².